The van der Waals surface area contributed by atoms with E-state index in [4.69, 9.17) is 5.73 Å². The second kappa shape index (κ2) is 7.53. The Morgan fingerprint density at radius 1 is 1.21 bits per heavy atom. The number of carbonyl (C=O) groups is 1. The fourth-order valence-corrected chi connectivity index (χ4v) is 2.56. The zero-order chi connectivity index (χ0) is 14.4. The number of nitrogens with zero attached hydrogens (tertiary/aromatic N) is 1. The van der Waals surface area contributed by atoms with Crippen LogP contribution in [0.2, 0.25) is 0 Å². The molecule has 0 bridgehead atoms. The molecule has 1 heterocycles. The van der Waals surface area contributed by atoms with Crippen molar-refractivity contribution >= 4 is 22.9 Å². The van der Waals surface area contributed by atoms with Gasteiger partial charge in [0, 0.05) is 13.1 Å². The first kappa shape index (κ1) is 16.0. The first-order valence-electron chi connectivity index (χ1n) is 7.04. The normalized spacial score (nSPS) is 11.3. The summed E-state index contributed by atoms with van der Waals surface area (Å²) in [5, 5.41) is 1.88. The van der Waals surface area contributed by atoms with Crippen molar-refractivity contribution in [1.29, 1.82) is 0 Å². The summed E-state index contributed by atoms with van der Waals surface area (Å²) in [5.41, 5.74) is 6.46. The van der Waals surface area contributed by atoms with Gasteiger partial charge in [0.25, 0.3) is 5.91 Å². The second-order valence-corrected chi connectivity index (χ2v) is 6.78. The van der Waals surface area contributed by atoms with Gasteiger partial charge in [0.1, 0.15) is 4.88 Å². The Morgan fingerprint density at radius 2 is 1.74 bits per heavy atom. The lowest BCUT2D eigenvalue weighted by molar-refractivity contribution is 0.0746. The number of anilines is 1. The minimum atomic E-state index is 0.0915. The number of nitrogen functional groups attached to an aromatic ring is 1. The van der Waals surface area contributed by atoms with Crippen molar-refractivity contribution < 1.29 is 4.79 Å². The molecule has 0 aliphatic rings. The van der Waals surface area contributed by atoms with Crippen molar-refractivity contribution in [1.82, 2.24) is 4.90 Å². The highest BCUT2D eigenvalue weighted by Crippen LogP contribution is 2.22. The van der Waals surface area contributed by atoms with E-state index in [1.54, 1.807) is 6.07 Å². The average Bonchev–Trinajstić information content (AvgIpc) is 2.74. The van der Waals surface area contributed by atoms with Gasteiger partial charge in [-0.25, -0.2) is 0 Å². The van der Waals surface area contributed by atoms with E-state index in [1.165, 1.54) is 11.3 Å². The van der Waals surface area contributed by atoms with Crippen molar-refractivity contribution in [3.05, 3.63) is 16.3 Å². The monoisotopic (exact) mass is 282 g/mol. The predicted molar refractivity (Wildman–Crippen MR) is 83.5 cm³/mol. The minimum absolute atomic E-state index is 0.0915. The molecule has 1 aromatic heterocycles. The van der Waals surface area contributed by atoms with E-state index in [-0.39, 0.29) is 5.91 Å². The van der Waals surface area contributed by atoms with E-state index >= 15 is 0 Å². The molecule has 108 valence electrons. The Morgan fingerprint density at radius 3 is 2.11 bits per heavy atom. The van der Waals surface area contributed by atoms with Gasteiger partial charge in [-0.1, -0.05) is 27.7 Å². The number of hydrogen-bond donors (Lipinski definition) is 1. The summed E-state index contributed by atoms with van der Waals surface area (Å²) in [6.07, 6.45) is 2.07. The number of rotatable bonds is 7. The zero-order valence-corrected chi connectivity index (χ0v) is 13.3. The van der Waals surface area contributed by atoms with E-state index in [1.807, 2.05) is 10.3 Å². The van der Waals surface area contributed by atoms with E-state index in [2.05, 4.69) is 27.7 Å². The van der Waals surface area contributed by atoms with Crippen molar-refractivity contribution in [2.45, 2.75) is 40.5 Å². The number of nitrogens with two attached hydrogens (primary N) is 1. The number of amides is 1. The standard InChI is InChI=1S/C15H26N2OS/c1-11(2)5-8-17(9-6-12(3)4)15(18)14-13(16)7-10-19-14/h7,10-12H,5-6,8-9,16H2,1-4H3. The largest absolute Gasteiger partial charge is 0.397 e. The third-order valence-electron chi connectivity index (χ3n) is 3.13. The smallest absolute Gasteiger partial charge is 0.266 e. The molecule has 4 heteroatoms. The molecule has 0 saturated heterocycles. The highest BCUT2D eigenvalue weighted by Gasteiger charge is 2.19. The van der Waals surface area contributed by atoms with Crippen LogP contribution in [0.3, 0.4) is 0 Å². The summed E-state index contributed by atoms with van der Waals surface area (Å²) < 4.78 is 0. The van der Waals surface area contributed by atoms with Crippen LogP contribution >= 0.6 is 11.3 Å². The topological polar surface area (TPSA) is 46.3 Å². The molecule has 1 amide bonds. The first-order chi connectivity index (χ1) is 8.91. The third kappa shape index (κ3) is 5.23. The Balaban J connectivity index is 2.71. The minimum Gasteiger partial charge on any atom is -0.397 e. The van der Waals surface area contributed by atoms with Crippen LogP contribution in [0.4, 0.5) is 5.69 Å². The lowest BCUT2D eigenvalue weighted by Crippen LogP contribution is -2.34. The van der Waals surface area contributed by atoms with Crippen molar-refractivity contribution in [3.63, 3.8) is 0 Å². The highest BCUT2D eigenvalue weighted by molar-refractivity contribution is 7.12. The molecule has 0 radical (unpaired) electrons. The van der Waals surface area contributed by atoms with Crippen LogP contribution in [0.1, 0.15) is 50.2 Å². The Bertz CT molecular complexity index is 387. The Kier molecular flexibility index (Phi) is 6.35. The van der Waals surface area contributed by atoms with Crippen LogP contribution < -0.4 is 5.73 Å². The molecule has 0 unspecified atom stereocenters. The molecule has 0 aliphatic heterocycles. The van der Waals surface area contributed by atoms with Gasteiger partial charge < -0.3 is 10.6 Å². The summed E-state index contributed by atoms with van der Waals surface area (Å²) >= 11 is 1.44. The molecule has 1 rings (SSSR count). The van der Waals surface area contributed by atoms with Gasteiger partial charge in [-0.15, -0.1) is 11.3 Å². The maximum atomic E-state index is 12.5. The fourth-order valence-electron chi connectivity index (χ4n) is 1.78. The first-order valence-corrected chi connectivity index (χ1v) is 7.92. The van der Waals surface area contributed by atoms with Gasteiger partial charge in [0.2, 0.25) is 0 Å². The maximum absolute atomic E-state index is 12.5. The van der Waals surface area contributed by atoms with Crippen molar-refractivity contribution in [2.24, 2.45) is 11.8 Å². The van der Waals surface area contributed by atoms with E-state index in [0.29, 0.717) is 22.4 Å². The van der Waals surface area contributed by atoms with Crippen molar-refractivity contribution in [3.8, 4) is 0 Å². The summed E-state index contributed by atoms with van der Waals surface area (Å²) in [6.45, 7) is 10.4. The molecule has 2 N–H and O–H groups in total. The van der Waals surface area contributed by atoms with Crippen LogP contribution in [0.25, 0.3) is 0 Å². The molecule has 0 aromatic carbocycles. The molecular weight excluding hydrogens is 256 g/mol. The van der Waals surface area contributed by atoms with Crippen LogP contribution in [0.5, 0.6) is 0 Å². The molecule has 1 aromatic rings. The van der Waals surface area contributed by atoms with E-state index < -0.39 is 0 Å². The van der Waals surface area contributed by atoms with Crippen LogP contribution in [0.15, 0.2) is 11.4 Å². The molecule has 0 fully saturated rings. The van der Waals surface area contributed by atoms with Gasteiger partial charge in [-0.3, -0.25) is 4.79 Å². The average molecular weight is 282 g/mol. The second-order valence-electron chi connectivity index (χ2n) is 5.86. The number of thiophene rings is 1. The molecule has 3 nitrogen and oxygen atoms in total. The van der Waals surface area contributed by atoms with Gasteiger partial charge >= 0.3 is 0 Å². The molecule has 0 atom stereocenters. The summed E-state index contributed by atoms with van der Waals surface area (Å²) in [7, 11) is 0. The quantitative estimate of drug-likeness (QED) is 0.825. The summed E-state index contributed by atoms with van der Waals surface area (Å²) in [4.78, 5) is 15.2. The molecule has 19 heavy (non-hydrogen) atoms. The molecule has 0 aliphatic carbocycles. The molecular formula is C15H26N2OS. The van der Waals surface area contributed by atoms with Crippen LogP contribution in [-0.4, -0.2) is 23.9 Å². The number of hydrogen-bond acceptors (Lipinski definition) is 3. The van der Waals surface area contributed by atoms with Crippen LogP contribution in [-0.2, 0) is 0 Å². The van der Waals surface area contributed by atoms with Crippen LogP contribution in [0, 0.1) is 11.8 Å². The van der Waals surface area contributed by atoms with Gasteiger partial charge in [-0.05, 0) is 36.1 Å². The lowest BCUT2D eigenvalue weighted by atomic mass is 10.1. The number of carbonyl (C=O) groups excluding carboxylic acids is 1. The van der Waals surface area contributed by atoms with E-state index in [0.717, 1.165) is 25.9 Å². The highest BCUT2D eigenvalue weighted by atomic mass is 32.1. The van der Waals surface area contributed by atoms with E-state index in [9.17, 15) is 4.79 Å². The Labute approximate surface area is 120 Å². The lowest BCUT2D eigenvalue weighted by Gasteiger charge is -2.24. The van der Waals surface area contributed by atoms with Gasteiger partial charge in [0.05, 0.1) is 5.69 Å². The maximum Gasteiger partial charge on any atom is 0.266 e. The summed E-state index contributed by atoms with van der Waals surface area (Å²) in [5.74, 6) is 1.30. The fraction of sp³-hybridized carbons (Fsp3) is 0.667. The van der Waals surface area contributed by atoms with Gasteiger partial charge in [0.15, 0.2) is 0 Å². The third-order valence-corrected chi connectivity index (χ3v) is 4.05. The summed E-state index contributed by atoms with van der Waals surface area (Å²) in [6, 6.07) is 1.81. The van der Waals surface area contributed by atoms with Crippen molar-refractivity contribution in [2.75, 3.05) is 18.8 Å². The molecule has 0 saturated carbocycles. The predicted octanol–water partition coefficient (Wildman–Crippen LogP) is 3.86. The zero-order valence-electron chi connectivity index (χ0n) is 12.5. The SMILES string of the molecule is CC(C)CCN(CCC(C)C)C(=O)c1sccc1N. The molecule has 0 spiro atoms. The van der Waals surface area contributed by atoms with Gasteiger partial charge in [-0.2, -0.15) is 0 Å². The Hall–Kier alpha value is -1.03.